The molecule has 4 heteroatoms. The van der Waals surface area contributed by atoms with Crippen LogP contribution in [0, 0.1) is 0 Å². The van der Waals surface area contributed by atoms with Crippen molar-refractivity contribution in [3.63, 3.8) is 0 Å². The van der Waals surface area contributed by atoms with Gasteiger partial charge in [-0.05, 0) is 47.9 Å². The molecule has 0 bridgehead atoms. The molecule has 0 fully saturated rings. The molecule has 0 aliphatic carbocycles. The van der Waals surface area contributed by atoms with E-state index in [-0.39, 0.29) is 12.5 Å². The Labute approximate surface area is 147 Å². The molecule has 1 amide bonds. The number of aliphatic hydroxyl groups excluding tert-OH is 1. The highest BCUT2D eigenvalue weighted by atomic mass is 16.4. The molecular weight excluding hydrogens is 314 g/mol. The maximum Gasteiger partial charge on any atom is 0.255 e. The molecule has 2 aromatic carbocycles. The van der Waals surface area contributed by atoms with E-state index >= 15 is 0 Å². The maximum absolute atomic E-state index is 12.4. The highest BCUT2D eigenvalue weighted by molar-refractivity contribution is 6.04. The summed E-state index contributed by atoms with van der Waals surface area (Å²) in [5.74, 6) is 1.45. The predicted molar refractivity (Wildman–Crippen MR) is 98.6 cm³/mol. The van der Waals surface area contributed by atoms with Crippen molar-refractivity contribution in [2.45, 2.75) is 26.4 Å². The number of carbonyl (C=O) groups excluding carboxylic acids is 1. The van der Waals surface area contributed by atoms with Gasteiger partial charge < -0.3 is 14.8 Å². The standard InChI is InChI=1S/C21H21NO3/c1-14(2)15-6-8-16(9-7-15)21(24)22-18-5-3-4-17(12-18)20-11-10-19(13-23)25-20/h3-12,14,23H,13H2,1-2H3,(H,22,24). The van der Waals surface area contributed by atoms with E-state index in [0.29, 0.717) is 28.7 Å². The van der Waals surface area contributed by atoms with Gasteiger partial charge in [-0.25, -0.2) is 0 Å². The van der Waals surface area contributed by atoms with Crippen LogP contribution in [0.25, 0.3) is 11.3 Å². The number of carbonyl (C=O) groups is 1. The van der Waals surface area contributed by atoms with Crippen molar-refractivity contribution in [2.75, 3.05) is 5.32 Å². The molecule has 3 rings (SSSR count). The van der Waals surface area contributed by atoms with Gasteiger partial charge in [0.15, 0.2) is 0 Å². The Morgan fingerprint density at radius 1 is 1.08 bits per heavy atom. The Morgan fingerprint density at radius 3 is 2.48 bits per heavy atom. The Balaban J connectivity index is 1.76. The number of furan rings is 1. The lowest BCUT2D eigenvalue weighted by Crippen LogP contribution is -2.11. The zero-order valence-electron chi connectivity index (χ0n) is 14.3. The van der Waals surface area contributed by atoms with E-state index in [1.54, 1.807) is 12.1 Å². The number of rotatable bonds is 5. The summed E-state index contributed by atoms with van der Waals surface area (Å²) in [6, 6.07) is 18.6. The number of nitrogens with one attached hydrogen (secondary N) is 1. The Hall–Kier alpha value is -2.85. The molecular formula is C21H21NO3. The van der Waals surface area contributed by atoms with Gasteiger partial charge in [-0.3, -0.25) is 4.79 Å². The zero-order valence-corrected chi connectivity index (χ0v) is 14.3. The van der Waals surface area contributed by atoms with E-state index < -0.39 is 0 Å². The second-order valence-corrected chi connectivity index (χ2v) is 6.24. The average molecular weight is 335 g/mol. The van der Waals surface area contributed by atoms with Crippen LogP contribution in [0.15, 0.2) is 65.1 Å². The fourth-order valence-corrected chi connectivity index (χ4v) is 2.59. The summed E-state index contributed by atoms with van der Waals surface area (Å²) in [6.07, 6.45) is 0. The van der Waals surface area contributed by atoms with Gasteiger partial charge in [0.05, 0.1) is 0 Å². The van der Waals surface area contributed by atoms with Gasteiger partial charge in [0.2, 0.25) is 0 Å². The molecule has 0 unspecified atom stereocenters. The van der Waals surface area contributed by atoms with Crippen molar-refractivity contribution in [3.8, 4) is 11.3 Å². The first kappa shape index (κ1) is 17.0. The topological polar surface area (TPSA) is 62.5 Å². The Morgan fingerprint density at radius 2 is 1.84 bits per heavy atom. The fraction of sp³-hybridized carbons (Fsp3) is 0.190. The summed E-state index contributed by atoms with van der Waals surface area (Å²) >= 11 is 0. The molecule has 0 aliphatic rings. The van der Waals surface area contributed by atoms with Crippen LogP contribution in [0.2, 0.25) is 0 Å². The third-order valence-corrected chi connectivity index (χ3v) is 4.06. The predicted octanol–water partition coefficient (Wildman–Crippen LogP) is 4.81. The number of hydrogen-bond acceptors (Lipinski definition) is 3. The molecule has 3 aromatic rings. The van der Waals surface area contributed by atoms with E-state index in [9.17, 15) is 4.79 Å². The van der Waals surface area contributed by atoms with Crippen molar-refractivity contribution in [1.29, 1.82) is 0 Å². The van der Waals surface area contributed by atoms with Gasteiger partial charge >= 0.3 is 0 Å². The van der Waals surface area contributed by atoms with Crippen LogP contribution in [0.1, 0.15) is 41.4 Å². The first-order valence-corrected chi connectivity index (χ1v) is 8.28. The third-order valence-electron chi connectivity index (χ3n) is 4.06. The molecule has 0 aliphatic heterocycles. The summed E-state index contributed by atoms with van der Waals surface area (Å²) in [6.45, 7) is 4.11. The molecule has 25 heavy (non-hydrogen) atoms. The van der Waals surface area contributed by atoms with Gasteiger partial charge in [-0.1, -0.05) is 38.1 Å². The van der Waals surface area contributed by atoms with Crippen LogP contribution in [-0.2, 0) is 6.61 Å². The molecule has 4 nitrogen and oxygen atoms in total. The minimum absolute atomic E-state index is 0.136. The highest BCUT2D eigenvalue weighted by Gasteiger charge is 2.09. The molecule has 0 radical (unpaired) electrons. The van der Waals surface area contributed by atoms with Crippen molar-refractivity contribution in [1.82, 2.24) is 0 Å². The second-order valence-electron chi connectivity index (χ2n) is 6.24. The van der Waals surface area contributed by atoms with E-state index in [1.807, 2.05) is 48.5 Å². The first-order chi connectivity index (χ1) is 12.1. The largest absolute Gasteiger partial charge is 0.459 e. The highest BCUT2D eigenvalue weighted by Crippen LogP contribution is 2.25. The van der Waals surface area contributed by atoms with E-state index in [0.717, 1.165) is 5.56 Å². The Bertz CT molecular complexity index is 863. The summed E-state index contributed by atoms with van der Waals surface area (Å²) in [4.78, 5) is 12.4. The SMILES string of the molecule is CC(C)c1ccc(C(=O)Nc2cccc(-c3ccc(CO)o3)c2)cc1. The summed E-state index contributed by atoms with van der Waals surface area (Å²) < 4.78 is 5.54. The minimum Gasteiger partial charge on any atom is -0.459 e. The lowest BCUT2D eigenvalue weighted by atomic mass is 10.0. The van der Waals surface area contributed by atoms with Crippen LogP contribution >= 0.6 is 0 Å². The quantitative estimate of drug-likeness (QED) is 0.703. The molecule has 0 atom stereocenters. The minimum atomic E-state index is -0.150. The number of hydrogen-bond donors (Lipinski definition) is 2. The lowest BCUT2D eigenvalue weighted by Gasteiger charge is -2.09. The van der Waals surface area contributed by atoms with Crippen molar-refractivity contribution >= 4 is 11.6 Å². The van der Waals surface area contributed by atoms with E-state index in [4.69, 9.17) is 9.52 Å². The fourth-order valence-electron chi connectivity index (χ4n) is 2.59. The first-order valence-electron chi connectivity index (χ1n) is 8.28. The van der Waals surface area contributed by atoms with Gasteiger partial charge in [0.25, 0.3) is 5.91 Å². The van der Waals surface area contributed by atoms with Gasteiger partial charge in [-0.2, -0.15) is 0 Å². The molecule has 0 spiro atoms. The van der Waals surface area contributed by atoms with Crippen molar-refractivity contribution in [2.24, 2.45) is 0 Å². The average Bonchev–Trinajstić information content (AvgIpc) is 3.11. The summed E-state index contributed by atoms with van der Waals surface area (Å²) in [5, 5.41) is 12.0. The number of amides is 1. The van der Waals surface area contributed by atoms with Gasteiger partial charge in [0.1, 0.15) is 18.1 Å². The number of aliphatic hydroxyl groups is 1. The van der Waals surface area contributed by atoms with Crippen LogP contribution in [0.4, 0.5) is 5.69 Å². The van der Waals surface area contributed by atoms with Gasteiger partial charge in [0, 0.05) is 16.8 Å². The summed E-state index contributed by atoms with van der Waals surface area (Å²) in [7, 11) is 0. The van der Waals surface area contributed by atoms with Crippen molar-refractivity contribution in [3.05, 3.63) is 77.6 Å². The molecule has 128 valence electrons. The zero-order chi connectivity index (χ0) is 17.8. The maximum atomic E-state index is 12.4. The monoisotopic (exact) mass is 335 g/mol. The van der Waals surface area contributed by atoms with Crippen LogP contribution in [0.3, 0.4) is 0 Å². The molecule has 1 aromatic heterocycles. The smallest absolute Gasteiger partial charge is 0.255 e. The number of anilines is 1. The molecule has 0 saturated carbocycles. The van der Waals surface area contributed by atoms with Crippen LogP contribution in [-0.4, -0.2) is 11.0 Å². The van der Waals surface area contributed by atoms with Crippen molar-refractivity contribution < 1.29 is 14.3 Å². The Kier molecular flexibility index (Phi) is 5.00. The number of benzene rings is 2. The molecule has 0 saturated heterocycles. The van der Waals surface area contributed by atoms with Crippen LogP contribution in [0.5, 0.6) is 0 Å². The lowest BCUT2D eigenvalue weighted by molar-refractivity contribution is 0.102. The second kappa shape index (κ2) is 7.36. The molecule has 1 heterocycles. The van der Waals surface area contributed by atoms with E-state index in [1.165, 1.54) is 5.56 Å². The van der Waals surface area contributed by atoms with E-state index in [2.05, 4.69) is 19.2 Å². The normalized spacial score (nSPS) is 10.9. The summed E-state index contributed by atoms with van der Waals surface area (Å²) in [5.41, 5.74) is 3.36. The van der Waals surface area contributed by atoms with Gasteiger partial charge in [-0.15, -0.1) is 0 Å². The third kappa shape index (κ3) is 3.98. The molecule has 2 N–H and O–H groups in total. The van der Waals surface area contributed by atoms with Crippen LogP contribution < -0.4 is 5.32 Å².